The molecule has 1 aliphatic rings. The summed E-state index contributed by atoms with van der Waals surface area (Å²) in [4.78, 5) is 34.7. The van der Waals surface area contributed by atoms with Crippen molar-refractivity contribution in [2.75, 3.05) is 5.73 Å². The first-order valence-corrected chi connectivity index (χ1v) is 12.1. The molecule has 5 rings (SSSR count). The lowest BCUT2D eigenvalue weighted by Crippen LogP contribution is -2.62. The Kier molecular flexibility index (Phi) is 6.79. The maximum absolute atomic E-state index is 13.9. The zero-order valence-corrected chi connectivity index (χ0v) is 21.1. The minimum absolute atomic E-state index is 0.0139. The van der Waals surface area contributed by atoms with Gasteiger partial charge in [0.25, 0.3) is 11.8 Å². The third-order valence-electron chi connectivity index (χ3n) is 6.43. The zero-order chi connectivity index (χ0) is 30.8. The molecule has 0 radical (unpaired) electrons. The second-order valence-electron chi connectivity index (χ2n) is 9.57. The predicted molar refractivity (Wildman–Crippen MR) is 132 cm³/mol. The van der Waals surface area contributed by atoms with Crippen LogP contribution in [0.5, 0.6) is 0 Å². The van der Waals surface area contributed by atoms with Crippen LogP contribution in [0.3, 0.4) is 0 Å². The predicted octanol–water partition coefficient (Wildman–Crippen LogP) is -0.491. The van der Waals surface area contributed by atoms with Crippen LogP contribution in [-0.4, -0.2) is 78.3 Å². The highest BCUT2D eigenvalue weighted by molar-refractivity contribution is 6.10. The number of aliphatic hydroxyl groups is 6. The van der Waals surface area contributed by atoms with Crippen molar-refractivity contribution < 1.29 is 53.4 Å². The Balaban J connectivity index is 1.64. The van der Waals surface area contributed by atoms with Gasteiger partial charge in [0.2, 0.25) is 0 Å². The van der Waals surface area contributed by atoms with Gasteiger partial charge in [-0.2, -0.15) is 28.0 Å². The SMILES string of the molecule is Nc1nc2ccc(C(=O)N(Cc3ccc(C(F)(F)F)cn3)N(C(=O)C3CC3)C(O)(O)O)cc2c2c1cnn2C(O)(O)O. The molecule has 3 aromatic heterocycles. The Hall–Kier alpha value is -4.46. The molecule has 1 aromatic carbocycles. The Morgan fingerprint density at radius 3 is 2.24 bits per heavy atom. The number of anilines is 1. The summed E-state index contributed by atoms with van der Waals surface area (Å²) in [6.45, 7) is -0.808. The molecular formula is C24H22F3N7O8. The van der Waals surface area contributed by atoms with E-state index in [1.165, 1.54) is 12.1 Å². The number of nitrogen functional groups attached to an aromatic ring is 1. The molecule has 3 heterocycles. The van der Waals surface area contributed by atoms with Gasteiger partial charge in [-0.1, -0.05) is 0 Å². The topological polar surface area (TPSA) is 232 Å². The number of nitrogens with zero attached hydrogens (tertiary/aromatic N) is 6. The molecule has 0 atom stereocenters. The molecule has 222 valence electrons. The molecule has 8 N–H and O–H groups in total. The van der Waals surface area contributed by atoms with Gasteiger partial charge in [0.15, 0.2) is 0 Å². The summed E-state index contributed by atoms with van der Waals surface area (Å²) in [5, 5.41) is 63.7. The van der Waals surface area contributed by atoms with Crippen LogP contribution in [0.15, 0.2) is 42.7 Å². The highest BCUT2D eigenvalue weighted by Crippen LogP contribution is 2.35. The van der Waals surface area contributed by atoms with Crippen molar-refractivity contribution in [1.29, 1.82) is 0 Å². The van der Waals surface area contributed by atoms with E-state index in [4.69, 9.17) is 5.73 Å². The first-order chi connectivity index (χ1) is 19.5. The third-order valence-corrected chi connectivity index (χ3v) is 6.43. The number of carbonyl (C=O) groups excluding carboxylic acids is 2. The molecule has 4 aromatic rings. The number of alkyl halides is 3. The molecule has 1 aliphatic carbocycles. The molecule has 0 unspecified atom stereocenters. The lowest BCUT2D eigenvalue weighted by molar-refractivity contribution is -0.413. The molecule has 42 heavy (non-hydrogen) atoms. The first kappa shape index (κ1) is 29.0. The number of halogens is 3. The normalized spacial score (nSPS) is 14.4. The van der Waals surface area contributed by atoms with Gasteiger partial charge in [-0.3, -0.25) is 14.6 Å². The molecule has 2 amide bonds. The third kappa shape index (κ3) is 5.41. The Labute approximate surface area is 232 Å². The Morgan fingerprint density at radius 1 is 1.00 bits per heavy atom. The molecule has 0 saturated heterocycles. The summed E-state index contributed by atoms with van der Waals surface area (Å²) in [5.74, 6) is -3.14. The van der Waals surface area contributed by atoms with Crippen LogP contribution in [0.25, 0.3) is 21.8 Å². The Morgan fingerprint density at radius 2 is 1.69 bits per heavy atom. The van der Waals surface area contributed by atoms with Gasteiger partial charge in [-0.25, -0.2) is 9.99 Å². The molecule has 1 fully saturated rings. The van der Waals surface area contributed by atoms with Crippen molar-refractivity contribution >= 4 is 39.4 Å². The number of carbonyl (C=O) groups is 2. The second kappa shape index (κ2) is 9.82. The lowest BCUT2D eigenvalue weighted by atomic mass is 10.1. The zero-order valence-electron chi connectivity index (χ0n) is 21.1. The van der Waals surface area contributed by atoms with E-state index < -0.39 is 48.2 Å². The number of rotatable bonds is 6. The molecule has 0 spiro atoms. The van der Waals surface area contributed by atoms with Crippen LogP contribution in [0.1, 0.15) is 34.5 Å². The van der Waals surface area contributed by atoms with Crippen molar-refractivity contribution in [2.24, 2.45) is 5.92 Å². The number of aromatic nitrogens is 4. The van der Waals surface area contributed by atoms with E-state index in [9.17, 15) is 53.4 Å². The molecule has 15 nitrogen and oxygen atoms in total. The molecule has 0 aliphatic heterocycles. The van der Waals surface area contributed by atoms with Crippen molar-refractivity contribution in [2.45, 2.75) is 37.8 Å². The van der Waals surface area contributed by atoms with Crippen LogP contribution < -0.4 is 5.73 Å². The number of nitrogens with two attached hydrogens (primary N) is 1. The van der Waals surface area contributed by atoms with Gasteiger partial charge >= 0.3 is 18.4 Å². The molecule has 1 saturated carbocycles. The van der Waals surface area contributed by atoms with Gasteiger partial charge in [-0.05, 0) is 43.2 Å². The summed E-state index contributed by atoms with van der Waals surface area (Å²) in [6.07, 6.45) is -9.97. The summed E-state index contributed by atoms with van der Waals surface area (Å²) < 4.78 is 39.5. The Bertz CT molecular complexity index is 1690. The summed E-state index contributed by atoms with van der Waals surface area (Å²) in [7, 11) is 0. The minimum atomic E-state index is -4.72. The van der Waals surface area contributed by atoms with Gasteiger partial charge in [0.05, 0.1) is 40.4 Å². The van der Waals surface area contributed by atoms with Gasteiger partial charge in [0, 0.05) is 23.1 Å². The van der Waals surface area contributed by atoms with E-state index in [0.29, 0.717) is 34.8 Å². The van der Waals surface area contributed by atoms with Gasteiger partial charge in [0.1, 0.15) is 5.82 Å². The van der Waals surface area contributed by atoms with E-state index in [1.54, 1.807) is 0 Å². The standard InChI is InChI=1S/C24H22F3N7O8/c25-22(26,27)13-4-5-14(29-8-13)10-32(34(24(40,41)42)21(36)11-1-2-11)20(35)12-3-6-17-15(7-12)18-16(19(28)31-17)9-30-33(18)23(37,38)39/h3-9,11,37-42H,1-2,10H2,(H2,28,31). The smallest absolute Gasteiger partial charge is 0.383 e. The van der Waals surface area contributed by atoms with Crippen LogP contribution >= 0.6 is 0 Å². The average molecular weight is 593 g/mol. The molecule has 18 heteroatoms. The number of hydrogen-bond donors (Lipinski definition) is 7. The fourth-order valence-electron chi connectivity index (χ4n) is 4.32. The summed E-state index contributed by atoms with van der Waals surface area (Å²) in [6, 6.07) is 5.12. The van der Waals surface area contributed by atoms with Crippen molar-refractivity contribution in [3.63, 3.8) is 0 Å². The fourth-order valence-corrected chi connectivity index (χ4v) is 4.32. The van der Waals surface area contributed by atoms with Crippen molar-refractivity contribution in [3.05, 3.63) is 59.5 Å². The van der Waals surface area contributed by atoms with Gasteiger partial charge < -0.3 is 36.4 Å². The molecular weight excluding hydrogens is 571 g/mol. The average Bonchev–Trinajstić information content (AvgIpc) is 3.63. The minimum Gasteiger partial charge on any atom is -0.383 e. The number of pyridine rings is 2. The van der Waals surface area contributed by atoms with Crippen molar-refractivity contribution in [1.82, 2.24) is 29.8 Å². The number of hydrazine groups is 1. The number of fused-ring (bicyclic) bond motifs is 3. The lowest BCUT2D eigenvalue weighted by Gasteiger charge is -2.39. The largest absolute Gasteiger partial charge is 0.417 e. The van der Waals surface area contributed by atoms with Crippen LogP contribution in [-0.2, 0) is 23.6 Å². The monoisotopic (exact) mass is 593 g/mol. The van der Waals surface area contributed by atoms with Crippen LogP contribution in [0.2, 0.25) is 0 Å². The van der Waals surface area contributed by atoms with E-state index >= 15 is 0 Å². The maximum atomic E-state index is 13.9. The van der Waals surface area contributed by atoms with Crippen LogP contribution in [0.4, 0.5) is 19.0 Å². The maximum Gasteiger partial charge on any atom is 0.417 e. The van der Waals surface area contributed by atoms with E-state index in [1.807, 2.05) is 0 Å². The highest BCUT2D eigenvalue weighted by atomic mass is 19.4. The fraction of sp³-hybridized carbons (Fsp3) is 0.292. The van der Waals surface area contributed by atoms with E-state index in [2.05, 4.69) is 15.1 Å². The first-order valence-electron chi connectivity index (χ1n) is 12.1. The second-order valence-corrected chi connectivity index (χ2v) is 9.57. The summed E-state index contributed by atoms with van der Waals surface area (Å²) in [5.41, 5.74) is 4.18. The number of amides is 2. The highest BCUT2D eigenvalue weighted by Gasteiger charge is 2.47. The van der Waals surface area contributed by atoms with Crippen molar-refractivity contribution in [3.8, 4) is 0 Å². The van der Waals surface area contributed by atoms with E-state index in [0.717, 1.165) is 18.3 Å². The van der Waals surface area contributed by atoms with E-state index in [-0.39, 0.29) is 43.9 Å². The number of benzene rings is 1. The van der Waals surface area contributed by atoms with Gasteiger partial charge in [-0.15, -0.1) is 0 Å². The summed E-state index contributed by atoms with van der Waals surface area (Å²) >= 11 is 0. The quantitative estimate of drug-likeness (QED) is 0.111. The number of hydrogen-bond acceptors (Lipinski definition) is 12. The molecule has 0 bridgehead atoms. The van der Waals surface area contributed by atoms with Crippen LogP contribution in [0, 0.1) is 5.92 Å².